The minimum Gasteiger partial charge on any atom is -0.444 e. The second-order valence-electron chi connectivity index (χ2n) is 9.02. The summed E-state index contributed by atoms with van der Waals surface area (Å²) in [7, 11) is 0. The Labute approximate surface area is 173 Å². The molecule has 0 atom stereocenters. The molecular weight excluding hydrogens is 368 g/mol. The lowest BCUT2D eigenvalue weighted by Gasteiger charge is -2.33. The molecule has 7 nitrogen and oxygen atoms in total. The van der Waals surface area contributed by atoms with E-state index in [0.29, 0.717) is 13.1 Å². The molecule has 2 saturated heterocycles. The molecule has 0 unspecified atom stereocenters. The van der Waals surface area contributed by atoms with E-state index in [1.807, 2.05) is 32.9 Å². The largest absolute Gasteiger partial charge is 0.444 e. The maximum Gasteiger partial charge on any atom is 0.410 e. The third-order valence-electron chi connectivity index (χ3n) is 5.30. The molecule has 0 spiro atoms. The molecule has 2 aliphatic rings. The van der Waals surface area contributed by atoms with Crippen molar-refractivity contribution in [3.8, 4) is 0 Å². The number of urea groups is 1. The molecule has 0 radical (unpaired) electrons. The van der Waals surface area contributed by atoms with Crippen LogP contribution in [0.3, 0.4) is 0 Å². The fraction of sp³-hybridized carbons (Fsp3) is 0.636. The zero-order valence-electron chi connectivity index (χ0n) is 17.9. The van der Waals surface area contributed by atoms with Crippen LogP contribution in [0.5, 0.6) is 0 Å². The summed E-state index contributed by atoms with van der Waals surface area (Å²) in [5.74, 6) is 0. The fourth-order valence-corrected chi connectivity index (χ4v) is 3.78. The number of piperidine rings is 1. The summed E-state index contributed by atoms with van der Waals surface area (Å²) < 4.78 is 5.41. The highest BCUT2D eigenvalue weighted by molar-refractivity contribution is 5.89. The molecule has 1 aromatic rings. The van der Waals surface area contributed by atoms with E-state index in [4.69, 9.17) is 4.74 Å². The molecule has 7 heteroatoms. The van der Waals surface area contributed by atoms with Gasteiger partial charge in [0.15, 0.2) is 0 Å². The maximum atomic E-state index is 12.3. The number of hydrogen-bond acceptors (Lipinski definition) is 4. The van der Waals surface area contributed by atoms with E-state index in [2.05, 4.69) is 27.7 Å². The van der Waals surface area contributed by atoms with E-state index >= 15 is 0 Å². The lowest BCUT2D eigenvalue weighted by molar-refractivity contribution is 0.0202. The summed E-state index contributed by atoms with van der Waals surface area (Å²) in [5, 5.41) is 5.92. The van der Waals surface area contributed by atoms with Crippen molar-refractivity contribution < 1.29 is 14.3 Å². The number of nitrogens with zero attached hydrogens (tertiary/aromatic N) is 2. The van der Waals surface area contributed by atoms with E-state index in [-0.39, 0.29) is 18.2 Å². The molecule has 2 heterocycles. The van der Waals surface area contributed by atoms with Crippen LogP contribution in [0.2, 0.25) is 0 Å². The molecule has 2 N–H and O–H groups in total. The summed E-state index contributed by atoms with van der Waals surface area (Å²) in [4.78, 5) is 28.6. The second kappa shape index (κ2) is 9.48. The lowest BCUT2D eigenvalue weighted by atomic mass is 10.1. The van der Waals surface area contributed by atoms with E-state index in [9.17, 15) is 9.59 Å². The minimum atomic E-state index is -0.490. The average Bonchev–Trinajstić information content (AvgIpc) is 3.15. The number of carbonyl (C=O) groups excluding carboxylic acids is 2. The van der Waals surface area contributed by atoms with E-state index in [0.717, 1.165) is 25.1 Å². The molecule has 2 fully saturated rings. The van der Waals surface area contributed by atoms with E-state index in [1.165, 1.54) is 31.5 Å². The third kappa shape index (κ3) is 6.92. The van der Waals surface area contributed by atoms with Crippen LogP contribution < -0.4 is 10.6 Å². The van der Waals surface area contributed by atoms with Gasteiger partial charge in [-0.05, 0) is 77.2 Å². The van der Waals surface area contributed by atoms with Crippen LogP contribution in [0.1, 0.15) is 52.0 Å². The molecule has 2 aliphatic heterocycles. The Morgan fingerprint density at radius 1 is 1.03 bits per heavy atom. The Morgan fingerprint density at radius 3 is 2.24 bits per heavy atom. The molecular formula is C22H34N4O3. The normalized spacial score (nSPS) is 18.5. The van der Waals surface area contributed by atoms with Gasteiger partial charge in [-0.15, -0.1) is 0 Å². The highest BCUT2D eigenvalue weighted by Gasteiger charge is 2.27. The van der Waals surface area contributed by atoms with Crippen LogP contribution in [0.25, 0.3) is 0 Å². The monoisotopic (exact) mass is 402 g/mol. The standard InChI is InChI=1S/C22H34N4O3/c1-22(2,3)29-21(28)26-14-10-19(11-15-26)24-20(27)23-18-8-6-17(7-9-18)16-25-12-4-5-13-25/h6-9,19H,4-5,10-16H2,1-3H3,(H2,23,24,27). The number of amides is 3. The van der Waals surface area contributed by atoms with Crippen molar-refractivity contribution in [1.82, 2.24) is 15.1 Å². The van der Waals surface area contributed by atoms with Crippen LogP contribution in [-0.4, -0.2) is 59.7 Å². The van der Waals surface area contributed by atoms with Crippen molar-refractivity contribution in [3.05, 3.63) is 29.8 Å². The van der Waals surface area contributed by atoms with Crippen LogP contribution in [0.15, 0.2) is 24.3 Å². The summed E-state index contributed by atoms with van der Waals surface area (Å²) in [6.07, 6.45) is 3.74. The van der Waals surface area contributed by atoms with E-state index in [1.54, 1.807) is 4.90 Å². The van der Waals surface area contributed by atoms with E-state index < -0.39 is 5.60 Å². The SMILES string of the molecule is CC(C)(C)OC(=O)N1CCC(NC(=O)Nc2ccc(CN3CCCC3)cc2)CC1. The summed E-state index contributed by atoms with van der Waals surface area (Å²) in [6.45, 7) is 10.1. The van der Waals surface area contributed by atoms with Crippen LogP contribution >= 0.6 is 0 Å². The Kier molecular flexibility index (Phi) is 7.00. The second-order valence-corrected chi connectivity index (χ2v) is 9.02. The highest BCUT2D eigenvalue weighted by atomic mass is 16.6. The number of benzene rings is 1. The summed E-state index contributed by atoms with van der Waals surface area (Å²) >= 11 is 0. The van der Waals surface area contributed by atoms with Crippen molar-refractivity contribution in [2.75, 3.05) is 31.5 Å². The van der Waals surface area contributed by atoms with Gasteiger partial charge in [0.1, 0.15) is 5.60 Å². The first-order chi connectivity index (χ1) is 13.8. The average molecular weight is 403 g/mol. The first kappa shape index (κ1) is 21.4. The molecule has 160 valence electrons. The molecule has 0 aromatic heterocycles. The Balaban J connectivity index is 1.39. The van der Waals surface area contributed by atoms with Crippen molar-refractivity contribution in [3.63, 3.8) is 0 Å². The quantitative estimate of drug-likeness (QED) is 0.803. The zero-order valence-corrected chi connectivity index (χ0v) is 17.9. The number of rotatable bonds is 4. The fourth-order valence-electron chi connectivity index (χ4n) is 3.78. The van der Waals surface area contributed by atoms with Crippen molar-refractivity contribution in [2.45, 2.75) is 64.6 Å². The van der Waals surface area contributed by atoms with Gasteiger partial charge >= 0.3 is 12.1 Å². The predicted molar refractivity (Wildman–Crippen MR) is 114 cm³/mol. The van der Waals surface area contributed by atoms with Crippen LogP contribution in [-0.2, 0) is 11.3 Å². The molecule has 29 heavy (non-hydrogen) atoms. The number of nitrogens with one attached hydrogen (secondary N) is 2. The van der Waals surface area contributed by atoms with Gasteiger partial charge in [0.2, 0.25) is 0 Å². The lowest BCUT2D eigenvalue weighted by Crippen LogP contribution is -2.48. The van der Waals surface area contributed by atoms with Gasteiger partial charge in [0, 0.05) is 31.4 Å². The third-order valence-corrected chi connectivity index (χ3v) is 5.30. The predicted octanol–water partition coefficient (Wildman–Crippen LogP) is 3.80. The molecule has 0 aliphatic carbocycles. The maximum absolute atomic E-state index is 12.3. The van der Waals surface area contributed by atoms with Gasteiger partial charge in [-0.2, -0.15) is 0 Å². The van der Waals surface area contributed by atoms with Crippen molar-refractivity contribution >= 4 is 17.8 Å². The Morgan fingerprint density at radius 2 is 1.66 bits per heavy atom. The topological polar surface area (TPSA) is 73.9 Å². The van der Waals surface area contributed by atoms with Gasteiger partial charge in [0.25, 0.3) is 0 Å². The number of carbonyl (C=O) groups is 2. The molecule has 3 rings (SSSR count). The zero-order chi connectivity index (χ0) is 20.9. The number of likely N-dealkylation sites (tertiary alicyclic amines) is 2. The number of hydrogen-bond donors (Lipinski definition) is 2. The molecule has 0 saturated carbocycles. The van der Waals surface area contributed by atoms with Gasteiger partial charge < -0.3 is 20.3 Å². The van der Waals surface area contributed by atoms with Gasteiger partial charge in [-0.3, -0.25) is 4.90 Å². The summed E-state index contributed by atoms with van der Waals surface area (Å²) in [6, 6.07) is 7.92. The molecule has 0 bridgehead atoms. The van der Waals surface area contributed by atoms with Crippen LogP contribution in [0, 0.1) is 0 Å². The molecule has 3 amide bonds. The molecule has 1 aromatic carbocycles. The Bertz CT molecular complexity index is 685. The summed E-state index contributed by atoms with van der Waals surface area (Å²) in [5.41, 5.74) is 1.57. The highest BCUT2D eigenvalue weighted by Crippen LogP contribution is 2.17. The van der Waals surface area contributed by atoms with Crippen molar-refractivity contribution in [1.29, 1.82) is 0 Å². The first-order valence-corrected chi connectivity index (χ1v) is 10.7. The van der Waals surface area contributed by atoms with Crippen molar-refractivity contribution in [2.24, 2.45) is 0 Å². The number of anilines is 1. The first-order valence-electron chi connectivity index (χ1n) is 10.7. The smallest absolute Gasteiger partial charge is 0.410 e. The van der Waals surface area contributed by atoms with Gasteiger partial charge in [0.05, 0.1) is 0 Å². The number of ether oxygens (including phenoxy) is 1. The minimum absolute atomic E-state index is 0.0585. The van der Waals surface area contributed by atoms with Gasteiger partial charge in [-0.25, -0.2) is 9.59 Å². The Hall–Kier alpha value is -2.28. The van der Waals surface area contributed by atoms with Gasteiger partial charge in [-0.1, -0.05) is 12.1 Å². The van der Waals surface area contributed by atoms with Crippen LogP contribution in [0.4, 0.5) is 15.3 Å².